The molecule has 1 saturated carbocycles. The number of aliphatic hydroxyl groups excluding tert-OH is 2. The van der Waals surface area contributed by atoms with E-state index >= 15 is 0 Å². The lowest BCUT2D eigenvalue weighted by atomic mass is 9.55. The fraction of sp³-hybridized carbons (Fsp3) is 0.667. The van der Waals surface area contributed by atoms with Gasteiger partial charge in [-0.05, 0) is 61.3 Å². The Bertz CT molecular complexity index is 1310. The van der Waals surface area contributed by atoms with Crippen molar-refractivity contribution in [3.8, 4) is 11.5 Å². The van der Waals surface area contributed by atoms with Gasteiger partial charge >= 0.3 is 6.09 Å². The number of unbranched alkanes of at least 4 members (excludes halogenated alkanes) is 2. The lowest BCUT2D eigenvalue weighted by Gasteiger charge is -2.59. The first-order chi connectivity index (χ1) is 23.4. The standard InChI is InChI=1S/C36H52ClN3O8/c1-4-19-47-36-32(39(2)35(43)46-20-13-37)24-30(38-44-3)28-22-25(9-5-7-17-41)27(10-6-8-18-42)33(34(28)36)29-23-26(11-12-31(29)48-36)45-21-16-40-14-15-40/h4,11-12,22-23,25,27,32-34,41-42H,1,5-10,13-21,24H2,2-3H3. The highest BCUT2D eigenvalue weighted by molar-refractivity contribution is 6.18. The van der Waals surface area contributed by atoms with Crippen molar-refractivity contribution >= 4 is 23.4 Å². The van der Waals surface area contributed by atoms with Crippen molar-refractivity contribution in [2.75, 3.05) is 72.7 Å². The molecule has 2 aliphatic carbocycles. The Morgan fingerprint density at radius 1 is 1.19 bits per heavy atom. The number of carbonyl (C=O) groups excluding carboxylic acids is 1. The molecule has 5 rings (SSSR count). The number of aliphatic hydroxyl groups is 2. The number of fused-ring (bicyclic) bond motifs is 2. The normalized spacial score (nSPS) is 28.1. The van der Waals surface area contributed by atoms with E-state index < -0.39 is 17.9 Å². The van der Waals surface area contributed by atoms with E-state index in [-0.39, 0.29) is 56.0 Å². The van der Waals surface area contributed by atoms with Crippen molar-refractivity contribution in [2.45, 2.75) is 62.7 Å². The van der Waals surface area contributed by atoms with E-state index in [0.717, 1.165) is 67.9 Å². The second-order valence-electron chi connectivity index (χ2n) is 13.1. The molecule has 48 heavy (non-hydrogen) atoms. The fourth-order valence-electron chi connectivity index (χ4n) is 7.87. The van der Waals surface area contributed by atoms with Crippen LogP contribution in [0.25, 0.3) is 0 Å². The Labute approximate surface area is 289 Å². The van der Waals surface area contributed by atoms with Crippen molar-refractivity contribution < 1.29 is 38.8 Å². The van der Waals surface area contributed by atoms with E-state index in [0.29, 0.717) is 31.6 Å². The van der Waals surface area contributed by atoms with E-state index in [9.17, 15) is 15.0 Å². The highest BCUT2D eigenvalue weighted by atomic mass is 35.5. The lowest BCUT2D eigenvalue weighted by molar-refractivity contribution is -0.253. The number of oxime groups is 1. The second-order valence-corrected chi connectivity index (χ2v) is 13.4. The summed E-state index contributed by atoms with van der Waals surface area (Å²) in [6.45, 7) is 8.16. The molecule has 0 aromatic heterocycles. The molecule has 0 radical (unpaired) electrons. The summed E-state index contributed by atoms with van der Waals surface area (Å²) in [5, 5.41) is 24.0. The maximum Gasteiger partial charge on any atom is 0.410 e. The molecule has 11 nitrogen and oxygen atoms in total. The summed E-state index contributed by atoms with van der Waals surface area (Å²) in [6, 6.07) is 5.37. The van der Waals surface area contributed by atoms with Crippen LogP contribution in [-0.2, 0) is 14.3 Å². The Balaban J connectivity index is 1.68. The SMILES string of the molecule is C=CCOC12Oc3ccc(OCCN4CC4)cc3C3C(CCCCO)C(CCCCO)C=C(C(=NOC)CC1N(C)C(=O)OCCCl)C32. The molecule has 0 spiro atoms. The molecule has 0 bridgehead atoms. The van der Waals surface area contributed by atoms with Gasteiger partial charge in [-0.3, -0.25) is 4.90 Å². The second kappa shape index (κ2) is 17.2. The third-order valence-electron chi connectivity index (χ3n) is 10.1. The van der Waals surface area contributed by atoms with E-state index in [4.69, 9.17) is 35.4 Å². The number of nitrogens with zero attached hydrogens (tertiary/aromatic N) is 3. The van der Waals surface area contributed by atoms with Crippen LogP contribution in [0.15, 0.2) is 47.7 Å². The van der Waals surface area contributed by atoms with Crippen molar-refractivity contribution in [2.24, 2.45) is 22.9 Å². The first kappa shape index (κ1) is 36.5. The molecule has 1 saturated heterocycles. The third-order valence-corrected chi connectivity index (χ3v) is 10.3. The molecule has 2 aliphatic heterocycles. The van der Waals surface area contributed by atoms with Crippen LogP contribution < -0.4 is 9.47 Å². The maximum atomic E-state index is 13.4. The number of ether oxygens (including phenoxy) is 4. The predicted octanol–water partition coefficient (Wildman–Crippen LogP) is 4.95. The molecule has 2 N–H and O–H groups in total. The van der Waals surface area contributed by atoms with Gasteiger partial charge in [-0.15, -0.1) is 18.2 Å². The highest BCUT2D eigenvalue weighted by Gasteiger charge is 2.65. The van der Waals surface area contributed by atoms with Crippen molar-refractivity contribution in [3.63, 3.8) is 0 Å². The van der Waals surface area contributed by atoms with Gasteiger partial charge in [0.25, 0.3) is 0 Å². The zero-order chi connectivity index (χ0) is 34.1. The number of rotatable bonds is 19. The number of benzene rings is 1. The van der Waals surface area contributed by atoms with Crippen LogP contribution in [0, 0.1) is 17.8 Å². The Kier molecular flexibility index (Phi) is 13.1. The topological polar surface area (TPSA) is 122 Å². The molecule has 2 heterocycles. The minimum Gasteiger partial charge on any atom is -0.492 e. The zero-order valence-corrected chi connectivity index (χ0v) is 29.1. The monoisotopic (exact) mass is 689 g/mol. The van der Waals surface area contributed by atoms with Crippen LogP contribution in [0.1, 0.15) is 56.4 Å². The molecule has 266 valence electrons. The highest BCUT2D eigenvalue weighted by Crippen LogP contribution is 2.61. The number of hydrogen-bond donors (Lipinski definition) is 2. The summed E-state index contributed by atoms with van der Waals surface area (Å²) in [5.74, 6) is 0.142. The summed E-state index contributed by atoms with van der Waals surface area (Å²) >= 11 is 5.88. The van der Waals surface area contributed by atoms with Crippen LogP contribution in [0.4, 0.5) is 4.79 Å². The largest absolute Gasteiger partial charge is 0.492 e. The Morgan fingerprint density at radius 2 is 1.96 bits per heavy atom. The van der Waals surface area contributed by atoms with Crippen LogP contribution >= 0.6 is 11.6 Å². The first-order valence-electron chi connectivity index (χ1n) is 17.3. The smallest absolute Gasteiger partial charge is 0.410 e. The van der Waals surface area contributed by atoms with Gasteiger partial charge in [0.1, 0.15) is 37.9 Å². The molecule has 1 aromatic rings. The average Bonchev–Trinajstić information content (AvgIpc) is 3.92. The van der Waals surface area contributed by atoms with E-state index in [1.165, 1.54) is 7.11 Å². The Morgan fingerprint density at radius 3 is 2.65 bits per heavy atom. The maximum absolute atomic E-state index is 13.4. The van der Waals surface area contributed by atoms with Crippen molar-refractivity contribution in [3.05, 3.63) is 48.1 Å². The molecule has 6 unspecified atom stereocenters. The van der Waals surface area contributed by atoms with Crippen molar-refractivity contribution in [1.29, 1.82) is 0 Å². The van der Waals surface area contributed by atoms with Gasteiger partial charge in [0.15, 0.2) is 0 Å². The van der Waals surface area contributed by atoms with E-state index in [2.05, 4.69) is 28.8 Å². The summed E-state index contributed by atoms with van der Waals surface area (Å²) in [5.41, 5.74) is 2.74. The number of likely N-dealkylation sites (N-methyl/N-ethyl adjacent to an activating group) is 1. The van der Waals surface area contributed by atoms with Crippen LogP contribution in [0.2, 0.25) is 0 Å². The number of allylic oxidation sites excluding steroid dienone is 1. The molecule has 2 fully saturated rings. The Hall–Kier alpha value is -2.83. The van der Waals surface area contributed by atoms with Crippen molar-refractivity contribution in [1.82, 2.24) is 9.80 Å². The van der Waals surface area contributed by atoms with Gasteiger partial charge in [-0.1, -0.05) is 30.1 Å². The van der Waals surface area contributed by atoms with E-state index in [1.54, 1.807) is 18.0 Å². The van der Waals surface area contributed by atoms with Crippen LogP contribution in [0.3, 0.4) is 0 Å². The fourth-order valence-corrected chi connectivity index (χ4v) is 7.95. The van der Waals surface area contributed by atoms with Gasteiger partial charge in [-0.2, -0.15) is 0 Å². The summed E-state index contributed by atoms with van der Waals surface area (Å²) in [4.78, 5) is 22.7. The van der Waals surface area contributed by atoms with Gasteiger partial charge in [0, 0.05) is 57.8 Å². The molecule has 1 amide bonds. The number of carbonyl (C=O) groups is 1. The third kappa shape index (κ3) is 7.97. The molecular weight excluding hydrogens is 638 g/mol. The molecule has 6 atom stereocenters. The molecule has 1 aromatic carbocycles. The first-order valence-corrected chi connectivity index (χ1v) is 17.9. The lowest BCUT2D eigenvalue weighted by Crippen LogP contribution is -2.69. The molecule has 12 heteroatoms. The minimum absolute atomic E-state index is 0.0703. The number of halogens is 1. The van der Waals surface area contributed by atoms with Gasteiger partial charge in [-0.25, -0.2) is 4.79 Å². The van der Waals surface area contributed by atoms with Gasteiger partial charge in [0.2, 0.25) is 5.79 Å². The number of amides is 1. The van der Waals surface area contributed by atoms with Crippen LogP contribution in [0.5, 0.6) is 11.5 Å². The summed E-state index contributed by atoms with van der Waals surface area (Å²) in [7, 11) is 3.22. The van der Waals surface area contributed by atoms with Gasteiger partial charge < -0.3 is 38.9 Å². The number of hydrogen-bond acceptors (Lipinski definition) is 10. The molecule has 4 aliphatic rings. The average molecular weight is 690 g/mol. The van der Waals surface area contributed by atoms with E-state index in [1.807, 2.05) is 12.1 Å². The molecular formula is C36H52ClN3O8. The predicted molar refractivity (Wildman–Crippen MR) is 184 cm³/mol. The summed E-state index contributed by atoms with van der Waals surface area (Å²) in [6.07, 6.45) is 8.65. The summed E-state index contributed by atoms with van der Waals surface area (Å²) < 4.78 is 25.7. The number of alkyl halides is 1. The van der Waals surface area contributed by atoms with Gasteiger partial charge in [0.05, 0.1) is 24.1 Å². The quantitative estimate of drug-likeness (QED) is 0.0683. The zero-order valence-electron chi connectivity index (χ0n) is 28.4. The van der Waals surface area contributed by atoms with Crippen LogP contribution in [-0.4, -0.2) is 116 Å². The minimum atomic E-state index is -1.31.